The van der Waals surface area contributed by atoms with Crippen molar-refractivity contribution in [3.8, 4) is 0 Å². The zero-order valence-electron chi connectivity index (χ0n) is 8.66. The van der Waals surface area contributed by atoms with Gasteiger partial charge in [0.1, 0.15) is 0 Å². The molecule has 8 nitrogen and oxygen atoms in total. The summed E-state index contributed by atoms with van der Waals surface area (Å²) >= 11 is 3.00. The molecule has 0 atom stereocenters. The van der Waals surface area contributed by atoms with E-state index in [1.807, 2.05) is 4.72 Å². The summed E-state index contributed by atoms with van der Waals surface area (Å²) in [5.41, 5.74) is -0.406. The molecule has 2 N–H and O–H groups in total. The first-order chi connectivity index (χ1) is 8.21. The lowest BCUT2D eigenvalue weighted by Crippen LogP contribution is -2.22. The molecule has 1 rings (SSSR count). The highest BCUT2D eigenvalue weighted by Gasteiger charge is 2.18. The summed E-state index contributed by atoms with van der Waals surface area (Å²) < 4.78 is 24.9. The van der Waals surface area contributed by atoms with E-state index < -0.39 is 26.7 Å². The maximum Gasteiger partial charge on any atom is 0.320 e. The molecule has 0 saturated carbocycles. The van der Waals surface area contributed by atoms with Crippen molar-refractivity contribution in [3.05, 3.63) is 32.8 Å². The van der Waals surface area contributed by atoms with Crippen LogP contribution in [0, 0.1) is 10.1 Å². The van der Waals surface area contributed by atoms with Crippen molar-refractivity contribution in [2.45, 2.75) is 0 Å². The highest BCUT2D eigenvalue weighted by atomic mass is 79.9. The Bertz CT molecular complexity index is 600. The second kappa shape index (κ2) is 5.31. The van der Waals surface area contributed by atoms with E-state index in [4.69, 9.17) is 5.11 Å². The van der Waals surface area contributed by atoms with E-state index in [1.165, 1.54) is 12.1 Å². The summed E-state index contributed by atoms with van der Waals surface area (Å²) in [5.74, 6) is -2.65. The molecule has 98 valence electrons. The molecule has 0 saturated heterocycles. The number of aliphatic carboxylic acids is 1. The smallest absolute Gasteiger partial charge is 0.320 e. The number of sulfonamides is 1. The molecule has 0 heterocycles. The molecular formula is C8H7BrN2O6S. The molecule has 18 heavy (non-hydrogen) atoms. The Labute approximate surface area is 110 Å². The zero-order chi connectivity index (χ0) is 13.9. The Balaban J connectivity index is 3.07. The Morgan fingerprint density at radius 3 is 2.61 bits per heavy atom. The molecule has 0 spiro atoms. The van der Waals surface area contributed by atoms with Crippen LogP contribution >= 0.6 is 15.9 Å². The van der Waals surface area contributed by atoms with Crippen molar-refractivity contribution in [1.29, 1.82) is 0 Å². The summed E-state index contributed by atoms with van der Waals surface area (Å²) in [6, 6.07) is 3.46. The quantitative estimate of drug-likeness (QED) is 0.613. The van der Waals surface area contributed by atoms with Gasteiger partial charge in [0.25, 0.3) is 5.69 Å². The Kier molecular flexibility index (Phi) is 4.24. The van der Waals surface area contributed by atoms with Crippen molar-refractivity contribution in [1.82, 2.24) is 0 Å². The van der Waals surface area contributed by atoms with Crippen LogP contribution in [0.15, 0.2) is 22.7 Å². The normalized spacial score (nSPS) is 10.9. The summed E-state index contributed by atoms with van der Waals surface area (Å²) in [4.78, 5) is 20.2. The van der Waals surface area contributed by atoms with Gasteiger partial charge in [-0.25, -0.2) is 8.42 Å². The minimum atomic E-state index is -4.10. The molecule has 0 radical (unpaired) electrons. The summed E-state index contributed by atoms with van der Waals surface area (Å²) in [7, 11) is -4.10. The SMILES string of the molecule is O=C(O)CS(=O)(=O)Nc1cc([N+](=O)[O-])ccc1Br. The van der Waals surface area contributed by atoms with Crippen LogP contribution in [-0.2, 0) is 14.8 Å². The summed E-state index contributed by atoms with van der Waals surface area (Å²) in [6.45, 7) is 0. The van der Waals surface area contributed by atoms with E-state index in [2.05, 4.69) is 15.9 Å². The van der Waals surface area contributed by atoms with Gasteiger partial charge in [-0.05, 0) is 22.0 Å². The fraction of sp³-hybridized carbons (Fsp3) is 0.125. The van der Waals surface area contributed by atoms with Crippen LogP contribution in [0.2, 0.25) is 0 Å². The fourth-order valence-electron chi connectivity index (χ4n) is 1.07. The van der Waals surface area contributed by atoms with Gasteiger partial charge < -0.3 is 5.11 Å². The maximum atomic E-state index is 11.4. The third-order valence-corrected chi connectivity index (χ3v) is 3.59. The number of rotatable bonds is 5. The molecule has 0 aromatic heterocycles. The van der Waals surface area contributed by atoms with Gasteiger partial charge in [-0.1, -0.05) is 0 Å². The van der Waals surface area contributed by atoms with Gasteiger partial charge in [-0.2, -0.15) is 0 Å². The van der Waals surface area contributed by atoms with Crippen LogP contribution in [0.1, 0.15) is 0 Å². The molecule has 0 aliphatic carbocycles. The standard InChI is InChI=1S/C8H7BrN2O6S/c9-6-2-1-5(11(14)15)3-7(6)10-18(16,17)4-8(12)13/h1-3,10H,4H2,(H,12,13). The zero-order valence-corrected chi connectivity index (χ0v) is 11.1. The van der Waals surface area contributed by atoms with Crippen LogP contribution in [0.25, 0.3) is 0 Å². The minimum Gasteiger partial charge on any atom is -0.480 e. The number of nitrogens with one attached hydrogen (secondary N) is 1. The van der Waals surface area contributed by atoms with Crippen LogP contribution < -0.4 is 4.72 Å². The maximum absolute atomic E-state index is 11.4. The van der Waals surface area contributed by atoms with E-state index in [0.29, 0.717) is 0 Å². The Morgan fingerprint density at radius 2 is 2.11 bits per heavy atom. The molecule has 0 bridgehead atoms. The Hall–Kier alpha value is -1.68. The number of nitrogens with zero attached hydrogens (tertiary/aromatic N) is 1. The molecule has 0 fully saturated rings. The first kappa shape index (κ1) is 14.4. The average Bonchev–Trinajstić information content (AvgIpc) is 2.18. The predicted molar refractivity (Wildman–Crippen MR) is 65.8 cm³/mol. The van der Waals surface area contributed by atoms with E-state index in [9.17, 15) is 23.3 Å². The first-order valence-corrected chi connectivity index (χ1v) is 6.82. The monoisotopic (exact) mass is 338 g/mol. The molecule has 0 aliphatic heterocycles. The van der Waals surface area contributed by atoms with Crippen LogP contribution in [0.4, 0.5) is 11.4 Å². The number of benzene rings is 1. The van der Waals surface area contributed by atoms with Crippen molar-refractivity contribution in [2.24, 2.45) is 0 Å². The summed E-state index contributed by atoms with van der Waals surface area (Å²) in [5, 5.41) is 18.9. The number of hydrogen-bond donors (Lipinski definition) is 2. The first-order valence-electron chi connectivity index (χ1n) is 4.37. The number of carboxylic acid groups (broad SMARTS) is 1. The highest BCUT2D eigenvalue weighted by molar-refractivity contribution is 9.10. The molecule has 1 aromatic rings. The van der Waals surface area contributed by atoms with E-state index >= 15 is 0 Å². The van der Waals surface area contributed by atoms with Gasteiger partial charge in [0, 0.05) is 16.6 Å². The highest BCUT2D eigenvalue weighted by Crippen LogP contribution is 2.27. The van der Waals surface area contributed by atoms with Gasteiger partial charge in [-0.3, -0.25) is 19.6 Å². The molecule has 10 heteroatoms. The van der Waals surface area contributed by atoms with Gasteiger partial charge in [-0.15, -0.1) is 0 Å². The number of nitro groups is 1. The Morgan fingerprint density at radius 1 is 1.50 bits per heavy atom. The van der Waals surface area contributed by atoms with E-state index in [1.54, 1.807) is 0 Å². The minimum absolute atomic E-state index is 0.0922. The number of nitro benzene ring substituents is 1. The molecule has 0 amide bonds. The van der Waals surface area contributed by atoms with Gasteiger partial charge in [0.15, 0.2) is 5.75 Å². The van der Waals surface area contributed by atoms with Gasteiger partial charge >= 0.3 is 5.97 Å². The largest absolute Gasteiger partial charge is 0.480 e. The third kappa shape index (κ3) is 3.96. The topological polar surface area (TPSA) is 127 Å². The summed E-state index contributed by atoms with van der Waals surface area (Å²) in [6.07, 6.45) is 0. The number of non-ortho nitro benzene ring substituents is 1. The fourth-order valence-corrected chi connectivity index (χ4v) is 2.45. The molecular weight excluding hydrogens is 332 g/mol. The number of carboxylic acids is 1. The van der Waals surface area contributed by atoms with Crippen LogP contribution in [0.3, 0.4) is 0 Å². The molecule has 1 aromatic carbocycles. The van der Waals surface area contributed by atoms with Crippen molar-refractivity contribution < 1.29 is 23.2 Å². The second-order valence-corrected chi connectivity index (χ2v) is 5.75. The second-order valence-electron chi connectivity index (χ2n) is 3.18. The molecule has 0 aliphatic rings. The number of anilines is 1. The van der Waals surface area contributed by atoms with Crippen molar-refractivity contribution >= 4 is 43.3 Å². The number of halogens is 1. The van der Waals surface area contributed by atoms with Crippen LogP contribution in [0.5, 0.6) is 0 Å². The van der Waals surface area contributed by atoms with Gasteiger partial charge in [0.05, 0.1) is 10.6 Å². The number of hydrogen-bond acceptors (Lipinski definition) is 5. The average molecular weight is 339 g/mol. The van der Waals surface area contributed by atoms with Gasteiger partial charge in [0.2, 0.25) is 10.0 Å². The third-order valence-electron chi connectivity index (χ3n) is 1.74. The van der Waals surface area contributed by atoms with Crippen molar-refractivity contribution in [2.75, 3.05) is 10.5 Å². The lowest BCUT2D eigenvalue weighted by Gasteiger charge is -2.07. The lowest BCUT2D eigenvalue weighted by molar-refractivity contribution is -0.384. The van der Waals surface area contributed by atoms with E-state index in [0.717, 1.165) is 6.07 Å². The lowest BCUT2D eigenvalue weighted by atomic mass is 10.3. The predicted octanol–water partition coefficient (Wildman–Crippen LogP) is 1.18. The van der Waals surface area contributed by atoms with E-state index in [-0.39, 0.29) is 15.8 Å². The molecule has 0 unspecified atom stereocenters. The number of carbonyl (C=O) groups is 1. The van der Waals surface area contributed by atoms with Crippen molar-refractivity contribution in [3.63, 3.8) is 0 Å². The van der Waals surface area contributed by atoms with Crippen LogP contribution in [-0.4, -0.2) is 30.2 Å².